The molecule has 22 heavy (non-hydrogen) atoms. The summed E-state index contributed by atoms with van der Waals surface area (Å²) in [6, 6.07) is 2.86. The predicted octanol–water partition coefficient (Wildman–Crippen LogP) is 5.88. The Bertz CT molecular complexity index is 609. The second-order valence-electron chi connectivity index (χ2n) is 5.38. The first-order valence-electron chi connectivity index (χ1n) is 6.99. The van der Waals surface area contributed by atoms with E-state index < -0.39 is 17.7 Å². The van der Waals surface area contributed by atoms with Crippen LogP contribution in [0.5, 0.6) is 0 Å². The van der Waals surface area contributed by atoms with Crippen molar-refractivity contribution in [1.29, 1.82) is 0 Å². The second-order valence-corrected chi connectivity index (χ2v) is 5.38. The number of halogens is 5. The molecule has 0 bridgehead atoms. The highest BCUT2D eigenvalue weighted by Gasteiger charge is 2.58. The smallest absolute Gasteiger partial charge is 0.260 e. The van der Waals surface area contributed by atoms with E-state index in [0.29, 0.717) is 5.56 Å². The summed E-state index contributed by atoms with van der Waals surface area (Å²) in [7, 11) is 0. The number of allylic oxidation sites excluding steroid dienone is 1. The van der Waals surface area contributed by atoms with Crippen molar-refractivity contribution in [2.45, 2.75) is 38.8 Å². The van der Waals surface area contributed by atoms with Gasteiger partial charge in [-0.25, -0.2) is 0 Å². The lowest BCUT2D eigenvalue weighted by Crippen LogP contribution is -2.33. The van der Waals surface area contributed by atoms with Gasteiger partial charge in [0.1, 0.15) is 0 Å². The molecule has 1 heterocycles. The van der Waals surface area contributed by atoms with E-state index >= 15 is 0 Å². The van der Waals surface area contributed by atoms with Crippen LogP contribution in [0.4, 0.5) is 27.6 Å². The van der Waals surface area contributed by atoms with Gasteiger partial charge in [-0.1, -0.05) is 38.1 Å². The molecular weight excluding hydrogens is 301 g/mol. The summed E-state index contributed by atoms with van der Waals surface area (Å²) >= 11 is 0. The molecule has 0 aromatic heterocycles. The highest BCUT2D eigenvalue weighted by atomic mass is 19.4. The summed E-state index contributed by atoms with van der Waals surface area (Å²) in [5.74, 6) is -4.89. The van der Waals surface area contributed by atoms with Gasteiger partial charge in [0.2, 0.25) is 0 Å². The fraction of sp³-hybridized carbons (Fsp3) is 0.438. The van der Waals surface area contributed by atoms with Crippen LogP contribution in [-0.4, -0.2) is 12.4 Å². The van der Waals surface area contributed by atoms with Crippen molar-refractivity contribution in [3.05, 3.63) is 35.4 Å². The normalized spacial score (nSPS) is 17.2. The molecule has 0 atom stereocenters. The van der Waals surface area contributed by atoms with E-state index in [9.17, 15) is 22.0 Å². The lowest BCUT2D eigenvalue weighted by Gasteiger charge is -2.21. The van der Waals surface area contributed by atoms with Gasteiger partial charge in [0.25, 0.3) is 0 Å². The van der Waals surface area contributed by atoms with E-state index in [-0.39, 0.29) is 11.1 Å². The third-order valence-electron chi connectivity index (χ3n) is 4.12. The van der Waals surface area contributed by atoms with Crippen LogP contribution in [0.1, 0.15) is 37.8 Å². The summed E-state index contributed by atoms with van der Waals surface area (Å²) in [5, 5.41) is 0. The highest BCUT2D eigenvalue weighted by molar-refractivity contribution is 5.80. The van der Waals surface area contributed by atoms with Crippen molar-refractivity contribution >= 4 is 18.0 Å². The molecule has 0 aliphatic carbocycles. The number of benzene rings is 1. The number of hydrogen-bond acceptors (Lipinski definition) is 1. The van der Waals surface area contributed by atoms with Crippen molar-refractivity contribution in [3.63, 3.8) is 0 Å². The molecule has 1 aromatic carbocycles. The second kappa shape index (κ2) is 5.48. The lowest BCUT2D eigenvalue weighted by molar-refractivity contribution is -0.289. The van der Waals surface area contributed by atoms with Gasteiger partial charge in [0, 0.05) is 17.2 Å². The first-order valence-corrected chi connectivity index (χ1v) is 6.99. The number of hydrogen-bond donors (Lipinski definition) is 0. The molecular formula is C16H16F5N. The molecule has 0 spiro atoms. The largest absolute Gasteiger partial charge is 0.458 e. The molecule has 0 amide bonds. The number of fused-ring (bicyclic) bond motifs is 1. The maximum Gasteiger partial charge on any atom is 0.458 e. The van der Waals surface area contributed by atoms with Crippen LogP contribution in [0.25, 0.3) is 6.08 Å². The monoisotopic (exact) mass is 317 g/mol. The van der Waals surface area contributed by atoms with Gasteiger partial charge in [-0.05, 0) is 24.5 Å². The van der Waals surface area contributed by atoms with E-state index in [1.807, 2.05) is 19.9 Å². The van der Waals surface area contributed by atoms with Crippen LogP contribution < -0.4 is 0 Å². The van der Waals surface area contributed by atoms with Gasteiger partial charge in [-0.3, -0.25) is 4.99 Å². The Morgan fingerprint density at radius 2 is 1.68 bits per heavy atom. The molecule has 1 aromatic rings. The Morgan fingerprint density at radius 3 is 2.23 bits per heavy atom. The lowest BCUT2D eigenvalue weighted by atomic mass is 9.83. The fourth-order valence-electron chi connectivity index (χ4n) is 2.32. The minimum absolute atomic E-state index is 0.126. The van der Waals surface area contributed by atoms with Crippen molar-refractivity contribution in [2.24, 2.45) is 10.4 Å². The SMILES string of the molecule is CCC1(CC)C=Cc2ccc(C(F)(F)C(F)(F)F)cc2N=C1. The van der Waals surface area contributed by atoms with Crippen LogP contribution in [0, 0.1) is 5.41 Å². The van der Waals surface area contributed by atoms with Crippen molar-refractivity contribution < 1.29 is 22.0 Å². The standard InChI is InChI=1S/C16H16F5N/c1-3-14(4-2)8-7-11-5-6-12(9-13(11)22-10-14)15(17,18)16(19,20)21/h5-10H,3-4H2,1-2H3. The zero-order chi connectivity index (χ0) is 16.6. The molecule has 0 N–H and O–H groups in total. The van der Waals surface area contributed by atoms with E-state index in [1.165, 1.54) is 6.07 Å². The van der Waals surface area contributed by atoms with Gasteiger partial charge in [-0.15, -0.1) is 0 Å². The zero-order valence-electron chi connectivity index (χ0n) is 12.2. The third kappa shape index (κ3) is 2.78. The Labute approximate surface area is 125 Å². The summed E-state index contributed by atoms with van der Waals surface area (Å²) in [4.78, 5) is 4.15. The first kappa shape index (κ1) is 16.6. The van der Waals surface area contributed by atoms with Crippen LogP contribution in [0.2, 0.25) is 0 Å². The minimum atomic E-state index is -5.62. The Kier molecular flexibility index (Phi) is 4.15. The van der Waals surface area contributed by atoms with Crippen molar-refractivity contribution in [1.82, 2.24) is 0 Å². The molecule has 0 saturated carbocycles. The number of nitrogens with zero attached hydrogens (tertiary/aromatic N) is 1. The van der Waals surface area contributed by atoms with Crippen LogP contribution in [0.3, 0.4) is 0 Å². The fourth-order valence-corrected chi connectivity index (χ4v) is 2.32. The van der Waals surface area contributed by atoms with Crippen molar-refractivity contribution in [2.75, 3.05) is 0 Å². The quantitative estimate of drug-likeness (QED) is 0.618. The third-order valence-corrected chi connectivity index (χ3v) is 4.12. The number of aliphatic imine (C=N–C) groups is 1. The molecule has 1 aliphatic heterocycles. The summed E-state index contributed by atoms with van der Waals surface area (Å²) < 4.78 is 64.2. The molecule has 6 heteroatoms. The number of rotatable bonds is 3. The summed E-state index contributed by atoms with van der Waals surface area (Å²) in [6.45, 7) is 3.94. The van der Waals surface area contributed by atoms with E-state index in [0.717, 1.165) is 25.0 Å². The molecule has 0 unspecified atom stereocenters. The average molecular weight is 317 g/mol. The highest BCUT2D eigenvalue weighted by Crippen LogP contribution is 2.45. The summed E-state index contributed by atoms with van der Waals surface area (Å²) in [6.07, 6.45) is 1.19. The Balaban J connectivity index is 2.49. The van der Waals surface area contributed by atoms with E-state index in [2.05, 4.69) is 4.99 Å². The molecule has 0 radical (unpaired) electrons. The molecule has 1 nitrogen and oxygen atoms in total. The Hall–Kier alpha value is -1.72. The molecule has 0 saturated heterocycles. The zero-order valence-corrected chi connectivity index (χ0v) is 12.2. The molecule has 2 rings (SSSR count). The first-order chi connectivity index (χ1) is 10.1. The van der Waals surface area contributed by atoms with Crippen LogP contribution in [-0.2, 0) is 5.92 Å². The van der Waals surface area contributed by atoms with Gasteiger partial charge in [0.05, 0.1) is 5.69 Å². The Morgan fingerprint density at radius 1 is 1.05 bits per heavy atom. The van der Waals surface area contributed by atoms with Gasteiger partial charge >= 0.3 is 12.1 Å². The molecule has 0 fully saturated rings. The predicted molar refractivity (Wildman–Crippen MR) is 76.6 cm³/mol. The molecule has 120 valence electrons. The number of alkyl halides is 5. The topological polar surface area (TPSA) is 12.4 Å². The average Bonchev–Trinajstić information content (AvgIpc) is 2.65. The van der Waals surface area contributed by atoms with Crippen LogP contribution >= 0.6 is 0 Å². The van der Waals surface area contributed by atoms with E-state index in [1.54, 1.807) is 12.3 Å². The van der Waals surface area contributed by atoms with Crippen LogP contribution in [0.15, 0.2) is 29.3 Å². The van der Waals surface area contributed by atoms with Gasteiger partial charge in [0.15, 0.2) is 0 Å². The van der Waals surface area contributed by atoms with Gasteiger partial charge < -0.3 is 0 Å². The van der Waals surface area contributed by atoms with Gasteiger partial charge in [-0.2, -0.15) is 22.0 Å². The maximum absolute atomic E-state index is 13.4. The molecule has 1 aliphatic rings. The maximum atomic E-state index is 13.4. The van der Waals surface area contributed by atoms with Crippen molar-refractivity contribution in [3.8, 4) is 0 Å². The minimum Gasteiger partial charge on any atom is -0.260 e. The summed E-state index contributed by atoms with van der Waals surface area (Å²) in [5.41, 5.74) is -0.737. The van der Waals surface area contributed by atoms with E-state index in [4.69, 9.17) is 0 Å².